The summed E-state index contributed by atoms with van der Waals surface area (Å²) >= 11 is 8.59. The topological polar surface area (TPSA) is 49.6 Å². The molecule has 1 aromatic carbocycles. The standard InChI is InChI=1S/C14H16BrN3OS/c15-11-7-9(14(16)20)1-3-12(11)17-5-6-18-10(8-17)2-4-13(18)19/h1,3,7,10H,2,4-6,8H2,(H2,16,20). The van der Waals surface area contributed by atoms with E-state index < -0.39 is 0 Å². The minimum Gasteiger partial charge on any atom is -0.389 e. The molecular formula is C14H16BrN3OS. The van der Waals surface area contributed by atoms with Gasteiger partial charge in [0.05, 0.1) is 5.69 Å². The largest absolute Gasteiger partial charge is 0.389 e. The lowest BCUT2D eigenvalue weighted by atomic mass is 10.1. The highest BCUT2D eigenvalue weighted by molar-refractivity contribution is 9.10. The maximum absolute atomic E-state index is 11.7. The van der Waals surface area contributed by atoms with Crippen molar-refractivity contribution in [1.82, 2.24) is 4.90 Å². The molecule has 4 nitrogen and oxygen atoms in total. The van der Waals surface area contributed by atoms with E-state index >= 15 is 0 Å². The molecule has 0 aliphatic carbocycles. The lowest BCUT2D eigenvalue weighted by Crippen LogP contribution is -2.51. The number of thiocarbonyl (C=S) groups is 1. The van der Waals surface area contributed by atoms with Crippen molar-refractivity contribution in [2.45, 2.75) is 18.9 Å². The van der Waals surface area contributed by atoms with Crippen LogP contribution in [0.3, 0.4) is 0 Å². The smallest absolute Gasteiger partial charge is 0.223 e. The number of hydrogen-bond donors (Lipinski definition) is 1. The summed E-state index contributed by atoms with van der Waals surface area (Å²) in [7, 11) is 0. The lowest BCUT2D eigenvalue weighted by Gasteiger charge is -2.39. The summed E-state index contributed by atoms with van der Waals surface area (Å²) in [5.41, 5.74) is 7.66. The number of benzene rings is 1. The van der Waals surface area contributed by atoms with Crippen molar-refractivity contribution in [2.24, 2.45) is 5.73 Å². The average molecular weight is 354 g/mol. The van der Waals surface area contributed by atoms with E-state index in [0.717, 1.165) is 41.8 Å². The normalized spacial score (nSPS) is 22.1. The van der Waals surface area contributed by atoms with Gasteiger partial charge in [-0.25, -0.2) is 0 Å². The number of carbonyl (C=O) groups is 1. The highest BCUT2D eigenvalue weighted by atomic mass is 79.9. The molecule has 106 valence electrons. The minimum atomic E-state index is 0.303. The van der Waals surface area contributed by atoms with Crippen molar-refractivity contribution in [3.63, 3.8) is 0 Å². The zero-order valence-corrected chi connectivity index (χ0v) is 13.4. The Morgan fingerprint density at radius 2 is 2.20 bits per heavy atom. The predicted molar refractivity (Wildman–Crippen MR) is 87.0 cm³/mol. The first-order valence-electron chi connectivity index (χ1n) is 6.70. The average Bonchev–Trinajstić information content (AvgIpc) is 2.79. The number of hydrogen-bond acceptors (Lipinski definition) is 3. The number of nitrogens with zero attached hydrogens (tertiary/aromatic N) is 2. The number of piperazine rings is 1. The fraction of sp³-hybridized carbons (Fsp3) is 0.429. The lowest BCUT2D eigenvalue weighted by molar-refractivity contribution is -0.129. The first-order valence-corrected chi connectivity index (χ1v) is 7.90. The summed E-state index contributed by atoms with van der Waals surface area (Å²) in [5.74, 6) is 0.303. The van der Waals surface area contributed by atoms with Crippen molar-refractivity contribution in [3.05, 3.63) is 28.2 Å². The Balaban J connectivity index is 1.80. The van der Waals surface area contributed by atoms with E-state index in [0.29, 0.717) is 23.4 Å². The second-order valence-electron chi connectivity index (χ2n) is 5.26. The Morgan fingerprint density at radius 3 is 2.90 bits per heavy atom. The van der Waals surface area contributed by atoms with Gasteiger partial charge in [0.25, 0.3) is 0 Å². The molecule has 0 bridgehead atoms. The molecule has 1 atom stereocenters. The number of anilines is 1. The number of halogens is 1. The van der Waals surface area contributed by atoms with Gasteiger partial charge in [0.1, 0.15) is 4.99 Å². The van der Waals surface area contributed by atoms with Gasteiger partial charge in [-0.15, -0.1) is 0 Å². The van der Waals surface area contributed by atoms with Gasteiger partial charge in [-0.1, -0.05) is 12.2 Å². The molecule has 2 aliphatic rings. The van der Waals surface area contributed by atoms with Crippen LogP contribution in [0.5, 0.6) is 0 Å². The van der Waals surface area contributed by atoms with E-state index in [9.17, 15) is 4.79 Å². The fourth-order valence-electron chi connectivity index (χ4n) is 3.00. The molecule has 0 aromatic heterocycles. The maximum atomic E-state index is 11.7. The number of fused-ring (bicyclic) bond motifs is 1. The SMILES string of the molecule is NC(=S)c1ccc(N2CCN3C(=O)CCC3C2)c(Br)c1. The summed E-state index contributed by atoms with van der Waals surface area (Å²) in [6, 6.07) is 6.32. The monoisotopic (exact) mass is 353 g/mol. The third-order valence-corrected chi connectivity index (χ3v) is 4.94. The van der Waals surface area contributed by atoms with E-state index in [2.05, 4.69) is 20.8 Å². The Bertz CT molecular complexity index is 578. The van der Waals surface area contributed by atoms with Gasteiger partial charge < -0.3 is 15.5 Å². The van der Waals surface area contributed by atoms with Crippen molar-refractivity contribution < 1.29 is 4.79 Å². The zero-order chi connectivity index (χ0) is 14.3. The van der Waals surface area contributed by atoms with Crippen LogP contribution < -0.4 is 10.6 Å². The van der Waals surface area contributed by atoms with Crippen molar-refractivity contribution in [1.29, 1.82) is 0 Å². The molecular weight excluding hydrogens is 338 g/mol. The Hall–Kier alpha value is -1.14. The van der Waals surface area contributed by atoms with Gasteiger partial charge in [-0.05, 0) is 40.5 Å². The van der Waals surface area contributed by atoms with Gasteiger partial charge in [0, 0.05) is 42.1 Å². The van der Waals surface area contributed by atoms with E-state index in [1.54, 1.807) is 0 Å². The van der Waals surface area contributed by atoms with Crippen LogP contribution in [0.15, 0.2) is 22.7 Å². The summed E-state index contributed by atoms with van der Waals surface area (Å²) in [5, 5.41) is 0. The Morgan fingerprint density at radius 1 is 1.40 bits per heavy atom. The first kappa shape index (κ1) is 13.8. The van der Waals surface area contributed by atoms with Crippen LogP contribution in [-0.4, -0.2) is 41.5 Å². The first-order chi connectivity index (χ1) is 9.56. The van der Waals surface area contributed by atoms with E-state index in [4.69, 9.17) is 18.0 Å². The molecule has 6 heteroatoms. The van der Waals surface area contributed by atoms with Crippen LogP contribution in [0.2, 0.25) is 0 Å². The van der Waals surface area contributed by atoms with Crippen molar-refractivity contribution in [2.75, 3.05) is 24.5 Å². The highest BCUT2D eigenvalue weighted by Crippen LogP contribution is 2.31. The number of carbonyl (C=O) groups excluding carboxylic acids is 1. The van der Waals surface area contributed by atoms with Gasteiger partial charge in [-0.2, -0.15) is 0 Å². The summed E-state index contributed by atoms with van der Waals surface area (Å²) in [6.45, 7) is 2.58. The molecule has 0 radical (unpaired) electrons. The van der Waals surface area contributed by atoms with Gasteiger partial charge in [-0.3, -0.25) is 4.79 Å². The second kappa shape index (κ2) is 5.33. The molecule has 0 spiro atoms. The van der Waals surface area contributed by atoms with E-state index in [-0.39, 0.29) is 0 Å². The molecule has 0 saturated carbocycles. The molecule has 2 heterocycles. The van der Waals surface area contributed by atoms with Crippen LogP contribution >= 0.6 is 28.1 Å². The minimum absolute atomic E-state index is 0.303. The molecule has 2 saturated heterocycles. The molecule has 1 aromatic rings. The molecule has 2 fully saturated rings. The molecule has 2 aliphatic heterocycles. The van der Waals surface area contributed by atoms with Crippen LogP contribution in [0.4, 0.5) is 5.69 Å². The molecule has 20 heavy (non-hydrogen) atoms. The van der Waals surface area contributed by atoms with Crippen LogP contribution in [0.25, 0.3) is 0 Å². The van der Waals surface area contributed by atoms with Crippen LogP contribution in [0, 0.1) is 0 Å². The Kier molecular flexibility index (Phi) is 3.69. The summed E-state index contributed by atoms with van der Waals surface area (Å²) < 4.78 is 1.00. The van der Waals surface area contributed by atoms with E-state index in [1.807, 2.05) is 23.1 Å². The summed E-state index contributed by atoms with van der Waals surface area (Å²) in [4.78, 5) is 16.5. The van der Waals surface area contributed by atoms with Gasteiger partial charge >= 0.3 is 0 Å². The third-order valence-electron chi connectivity index (χ3n) is 4.07. The molecule has 3 rings (SSSR count). The van der Waals surface area contributed by atoms with Gasteiger partial charge in [0.15, 0.2) is 0 Å². The predicted octanol–water partition coefficient (Wildman–Crippen LogP) is 1.89. The number of nitrogens with two attached hydrogens (primary N) is 1. The molecule has 2 N–H and O–H groups in total. The van der Waals surface area contributed by atoms with Gasteiger partial charge in [0.2, 0.25) is 5.91 Å². The van der Waals surface area contributed by atoms with Crippen LogP contribution in [0.1, 0.15) is 18.4 Å². The van der Waals surface area contributed by atoms with Crippen molar-refractivity contribution in [3.8, 4) is 0 Å². The highest BCUT2D eigenvalue weighted by Gasteiger charge is 2.35. The van der Waals surface area contributed by atoms with E-state index in [1.165, 1.54) is 0 Å². The summed E-state index contributed by atoms with van der Waals surface area (Å²) in [6.07, 6.45) is 1.66. The second-order valence-corrected chi connectivity index (χ2v) is 6.55. The quantitative estimate of drug-likeness (QED) is 0.825. The fourth-order valence-corrected chi connectivity index (χ4v) is 3.76. The third kappa shape index (κ3) is 2.42. The number of amides is 1. The molecule has 1 unspecified atom stereocenters. The Labute approximate surface area is 132 Å². The maximum Gasteiger partial charge on any atom is 0.223 e. The number of rotatable bonds is 2. The molecule has 1 amide bonds. The van der Waals surface area contributed by atoms with Crippen LogP contribution in [-0.2, 0) is 4.79 Å². The van der Waals surface area contributed by atoms with Crippen molar-refractivity contribution >= 4 is 44.7 Å². The zero-order valence-electron chi connectivity index (χ0n) is 11.0.